The van der Waals surface area contributed by atoms with Crippen molar-refractivity contribution in [1.29, 1.82) is 0 Å². The van der Waals surface area contributed by atoms with Crippen LogP contribution in [-0.4, -0.2) is 6.54 Å². The first-order chi connectivity index (χ1) is 11.6. The van der Waals surface area contributed by atoms with Crippen molar-refractivity contribution in [2.45, 2.75) is 26.3 Å². The van der Waals surface area contributed by atoms with Crippen molar-refractivity contribution in [2.75, 3.05) is 6.54 Å². The first-order valence-electron chi connectivity index (χ1n) is 8.11. The Morgan fingerprint density at radius 3 is 2.71 bits per heavy atom. The summed E-state index contributed by atoms with van der Waals surface area (Å²) >= 11 is 6.21. The first-order valence-corrected chi connectivity index (χ1v) is 8.49. The summed E-state index contributed by atoms with van der Waals surface area (Å²) in [4.78, 5) is 11.7. The van der Waals surface area contributed by atoms with E-state index in [1.807, 2.05) is 25.1 Å². The van der Waals surface area contributed by atoms with Crippen LogP contribution in [0.15, 0.2) is 57.7 Å². The number of rotatable bonds is 6. The van der Waals surface area contributed by atoms with Crippen LogP contribution in [0.1, 0.15) is 23.1 Å². The minimum Gasteiger partial charge on any atom is -0.423 e. The van der Waals surface area contributed by atoms with Gasteiger partial charge in [-0.3, -0.25) is 0 Å². The fraction of sp³-hybridized carbons (Fsp3) is 0.250. The fourth-order valence-corrected chi connectivity index (χ4v) is 2.94. The van der Waals surface area contributed by atoms with Crippen molar-refractivity contribution >= 4 is 22.6 Å². The van der Waals surface area contributed by atoms with Gasteiger partial charge in [-0.2, -0.15) is 0 Å². The lowest BCUT2D eigenvalue weighted by Gasteiger charge is -2.09. The number of benzene rings is 2. The van der Waals surface area contributed by atoms with Gasteiger partial charge in [-0.15, -0.1) is 0 Å². The van der Waals surface area contributed by atoms with Crippen LogP contribution in [0, 0.1) is 6.92 Å². The quantitative estimate of drug-likeness (QED) is 0.531. The molecule has 2 aromatic carbocycles. The lowest BCUT2D eigenvalue weighted by atomic mass is 10.1. The van der Waals surface area contributed by atoms with Gasteiger partial charge in [0.25, 0.3) is 0 Å². The summed E-state index contributed by atoms with van der Waals surface area (Å²) in [5, 5.41) is 4.97. The Morgan fingerprint density at radius 2 is 1.92 bits per heavy atom. The normalized spacial score (nSPS) is 11.1. The minimum absolute atomic E-state index is 0.328. The summed E-state index contributed by atoms with van der Waals surface area (Å²) < 4.78 is 5.28. The lowest BCUT2D eigenvalue weighted by Crippen LogP contribution is -2.17. The molecule has 0 spiro atoms. The van der Waals surface area contributed by atoms with Crippen LogP contribution in [0.3, 0.4) is 0 Å². The maximum Gasteiger partial charge on any atom is 0.336 e. The summed E-state index contributed by atoms with van der Waals surface area (Å²) in [7, 11) is 0. The van der Waals surface area contributed by atoms with Gasteiger partial charge in [0.1, 0.15) is 5.58 Å². The van der Waals surface area contributed by atoms with Crippen molar-refractivity contribution < 1.29 is 4.42 Å². The molecule has 3 rings (SSSR count). The van der Waals surface area contributed by atoms with Gasteiger partial charge in [-0.05, 0) is 55.1 Å². The smallest absolute Gasteiger partial charge is 0.336 e. The van der Waals surface area contributed by atoms with Gasteiger partial charge in [0.05, 0.1) is 0 Å². The van der Waals surface area contributed by atoms with Crippen LogP contribution in [0.5, 0.6) is 0 Å². The number of hydrogen-bond acceptors (Lipinski definition) is 3. The minimum atomic E-state index is -0.328. The highest BCUT2D eigenvalue weighted by atomic mass is 35.5. The third-order valence-electron chi connectivity index (χ3n) is 4.09. The molecule has 0 saturated carbocycles. The van der Waals surface area contributed by atoms with Crippen molar-refractivity contribution in [2.24, 2.45) is 0 Å². The van der Waals surface area contributed by atoms with Crippen LogP contribution >= 0.6 is 11.6 Å². The molecule has 0 atom stereocenters. The second kappa shape index (κ2) is 7.65. The molecule has 0 aliphatic carbocycles. The van der Waals surface area contributed by atoms with Crippen LogP contribution in [0.4, 0.5) is 0 Å². The third-order valence-corrected chi connectivity index (χ3v) is 4.49. The van der Waals surface area contributed by atoms with E-state index in [1.54, 1.807) is 0 Å². The predicted octanol–water partition coefficient (Wildman–Crippen LogP) is 4.48. The zero-order valence-corrected chi connectivity index (χ0v) is 14.4. The summed E-state index contributed by atoms with van der Waals surface area (Å²) in [6, 6.07) is 15.7. The molecular weight excluding hydrogens is 322 g/mol. The van der Waals surface area contributed by atoms with E-state index in [-0.39, 0.29) is 5.63 Å². The topological polar surface area (TPSA) is 42.2 Å². The first kappa shape index (κ1) is 16.7. The summed E-state index contributed by atoms with van der Waals surface area (Å²) in [6.07, 6.45) is 2.08. The van der Waals surface area contributed by atoms with Crippen LogP contribution in [0.25, 0.3) is 11.0 Å². The SMILES string of the molecule is Cc1cc2oc(=O)cc(CNCCCc3ccccc3)c2cc1Cl. The van der Waals surface area contributed by atoms with E-state index in [2.05, 4.69) is 29.6 Å². The monoisotopic (exact) mass is 341 g/mol. The zero-order chi connectivity index (χ0) is 16.9. The average Bonchev–Trinajstić information content (AvgIpc) is 2.57. The Labute approximate surface area is 146 Å². The van der Waals surface area contributed by atoms with Crippen LogP contribution < -0.4 is 10.9 Å². The average molecular weight is 342 g/mol. The Hall–Kier alpha value is -2.10. The van der Waals surface area contributed by atoms with E-state index < -0.39 is 0 Å². The van der Waals surface area contributed by atoms with Crippen molar-refractivity contribution in [3.8, 4) is 0 Å². The molecule has 3 nitrogen and oxygen atoms in total. The summed E-state index contributed by atoms with van der Waals surface area (Å²) in [5.74, 6) is 0. The number of hydrogen-bond donors (Lipinski definition) is 1. The molecule has 4 heteroatoms. The standard InChI is InChI=1S/C20H20ClNO2/c1-14-10-19-17(12-18(14)21)16(11-20(23)24-19)13-22-9-5-8-15-6-3-2-4-7-15/h2-4,6-7,10-12,22H,5,8-9,13H2,1H3. The molecule has 24 heavy (non-hydrogen) atoms. The molecular formula is C20H20ClNO2. The Morgan fingerprint density at radius 1 is 1.12 bits per heavy atom. The highest BCUT2D eigenvalue weighted by Crippen LogP contribution is 2.25. The summed E-state index contributed by atoms with van der Waals surface area (Å²) in [6.45, 7) is 3.41. The highest BCUT2D eigenvalue weighted by molar-refractivity contribution is 6.32. The summed E-state index contributed by atoms with van der Waals surface area (Å²) in [5.41, 5.74) is 3.42. The van der Waals surface area contributed by atoms with Gasteiger partial charge in [-0.1, -0.05) is 41.9 Å². The van der Waals surface area contributed by atoms with E-state index in [1.165, 1.54) is 11.6 Å². The Balaban J connectivity index is 1.64. The Kier molecular flexibility index (Phi) is 5.34. The van der Waals surface area contributed by atoms with Crippen LogP contribution in [-0.2, 0) is 13.0 Å². The van der Waals surface area contributed by atoms with Crippen LogP contribution in [0.2, 0.25) is 5.02 Å². The maximum atomic E-state index is 11.7. The fourth-order valence-electron chi connectivity index (χ4n) is 2.78. The third kappa shape index (κ3) is 4.05. The van der Waals surface area contributed by atoms with Gasteiger partial charge < -0.3 is 9.73 Å². The molecule has 124 valence electrons. The highest BCUT2D eigenvalue weighted by Gasteiger charge is 2.08. The van der Waals surface area contributed by atoms with E-state index in [9.17, 15) is 4.79 Å². The molecule has 1 aromatic heterocycles. The molecule has 0 aliphatic rings. The van der Waals surface area contributed by atoms with Crippen molar-refractivity contribution in [3.05, 3.63) is 80.7 Å². The number of aryl methyl sites for hydroxylation is 2. The van der Waals surface area contributed by atoms with Gasteiger partial charge in [0.15, 0.2) is 0 Å². The number of fused-ring (bicyclic) bond motifs is 1. The van der Waals surface area contributed by atoms with Crippen molar-refractivity contribution in [1.82, 2.24) is 5.32 Å². The van der Waals surface area contributed by atoms with E-state index in [0.29, 0.717) is 17.2 Å². The molecule has 3 aromatic rings. The molecule has 0 radical (unpaired) electrons. The van der Waals surface area contributed by atoms with E-state index in [4.69, 9.17) is 16.0 Å². The molecule has 0 saturated heterocycles. The second-order valence-electron chi connectivity index (χ2n) is 5.95. The molecule has 1 heterocycles. The molecule has 0 unspecified atom stereocenters. The van der Waals surface area contributed by atoms with Gasteiger partial charge in [0.2, 0.25) is 0 Å². The van der Waals surface area contributed by atoms with Gasteiger partial charge >= 0.3 is 5.63 Å². The van der Waals surface area contributed by atoms with E-state index in [0.717, 1.165) is 35.9 Å². The maximum absolute atomic E-state index is 11.7. The predicted molar refractivity (Wildman–Crippen MR) is 98.7 cm³/mol. The van der Waals surface area contributed by atoms with Gasteiger partial charge in [-0.25, -0.2) is 4.79 Å². The molecule has 1 N–H and O–H groups in total. The molecule has 0 bridgehead atoms. The van der Waals surface area contributed by atoms with Crippen molar-refractivity contribution in [3.63, 3.8) is 0 Å². The molecule has 0 aliphatic heterocycles. The Bertz CT molecular complexity index is 887. The lowest BCUT2D eigenvalue weighted by molar-refractivity contribution is 0.556. The zero-order valence-electron chi connectivity index (χ0n) is 13.6. The molecule has 0 amide bonds. The number of nitrogens with one attached hydrogen (secondary N) is 1. The largest absolute Gasteiger partial charge is 0.423 e. The second-order valence-corrected chi connectivity index (χ2v) is 6.36. The van der Waals surface area contributed by atoms with E-state index >= 15 is 0 Å². The van der Waals surface area contributed by atoms with Gasteiger partial charge in [0, 0.05) is 23.0 Å². The molecule has 0 fully saturated rings. The number of halogens is 1.